The van der Waals surface area contributed by atoms with Gasteiger partial charge in [-0.05, 0) is 102 Å². The summed E-state index contributed by atoms with van der Waals surface area (Å²) in [7, 11) is 0. The minimum absolute atomic E-state index is 0.0672. The van der Waals surface area contributed by atoms with Crippen LogP contribution in [0.25, 0.3) is 0 Å². The Kier molecular flexibility index (Phi) is 3.82. The van der Waals surface area contributed by atoms with Gasteiger partial charge in [-0.3, -0.25) is 4.90 Å². The van der Waals surface area contributed by atoms with E-state index in [9.17, 15) is 0 Å². The Labute approximate surface area is 191 Å². The van der Waals surface area contributed by atoms with E-state index in [0.717, 1.165) is 23.2 Å². The van der Waals surface area contributed by atoms with E-state index in [2.05, 4.69) is 68.4 Å². The second kappa shape index (κ2) is 6.43. The van der Waals surface area contributed by atoms with Gasteiger partial charge in [0, 0.05) is 5.41 Å². The summed E-state index contributed by atoms with van der Waals surface area (Å²) in [5.74, 6) is 3.68. The number of anilines is 3. The maximum atomic E-state index is 6.19. The molecular formula is C25H22Cl2N4. The van der Waals surface area contributed by atoms with Gasteiger partial charge in [0.25, 0.3) is 0 Å². The lowest BCUT2D eigenvalue weighted by atomic mass is 9.41. The first-order chi connectivity index (χ1) is 15.1. The summed E-state index contributed by atoms with van der Waals surface area (Å²) < 4.78 is 0. The van der Waals surface area contributed by atoms with Crippen molar-refractivity contribution in [3.8, 4) is 0 Å². The molecule has 31 heavy (non-hydrogen) atoms. The zero-order valence-corrected chi connectivity index (χ0v) is 18.5. The zero-order chi connectivity index (χ0) is 20.7. The number of halogens is 2. The lowest BCUT2D eigenvalue weighted by Gasteiger charge is -2.64. The molecule has 0 saturated heterocycles. The number of para-hydroxylation sites is 2. The molecule has 4 aliphatic carbocycles. The first-order valence-corrected chi connectivity index (χ1v) is 12.0. The van der Waals surface area contributed by atoms with E-state index >= 15 is 0 Å². The highest BCUT2D eigenvalue weighted by Gasteiger charge is 2.61. The van der Waals surface area contributed by atoms with Crippen LogP contribution in [0.1, 0.15) is 43.2 Å². The summed E-state index contributed by atoms with van der Waals surface area (Å²) in [5, 5.41) is 0.222. The fraction of sp³-hybridized carbons (Fsp3) is 0.400. The summed E-state index contributed by atoms with van der Waals surface area (Å²) in [4.78, 5) is 15.0. The summed E-state index contributed by atoms with van der Waals surface area (Å²) in [6, 6.07) is 17.7. The molecule has 0 N–H and O–H groups in total. The number of fused-ring (bicyclic) bond motifs is 2. The molecular weight excluding hydrogens is 427 g/mol. The van der Waals surface area contributed by atoms with Crippen LogP contribution in [0.2, 0.25) is 10.6 Å². The molecule has 0 radical (unpaired) electrons. The lowest BCUT2D eigenvalue weighted by molar-refractivity contribution is -0.0419. The Morgan fingerprint density at radius 1 is 0.677 bits per heavy atom. The molecule has 6 heteroatoms. The minimum atomic E-state index is 0.0672. The van der Waals surface area contributed by atoms with Crippen molar-refractivity contribution in [2.75, 3.05) is 4.90 Å². The number of aromatic nitrogens is 3. The number of rotatable bonds is 1. The standard InChI is InChI=1S/C25H22Cl2N4/c26-22-28-23(27)30-24(29-22)31-20-7-3-1-5-18(20)25(19-6-2-4-8-21(19)31)16-10-14-9-15(12-16)13-17(25)11-14/h1-8,14-17H,9-13H2. The monoisotopic (exact) mass is 448 g/mol. The molecule has 0 amide bonds. The predicted molar refractivity (Wildman–Crippen MR) is 122 cm³/mol. The second-order valence-electron chi connectivity index (χ2n) is 9.72. The lowest BCUT2D eigenvalue weighted by Crippen LogP contribution is -2.57. The van der Waals surface area contributed by atoms with E-state index in [0.29, 0.717) is 17.8 Å². The Morgan fingerprint density at radius 2 is 1.16 bits per heavy atom. The highest BCUT2D eigenvalue weighted by Crippen LogP contribution is 2.69. The van der Waals surface area contributed by atoms with Gasteiger partial charge in [-0.25, -0.2) is 0 Å². The van der Waals surface area contributed by atoms with Gasteiger partial charge >= 0.3 is 0 Å². The minimum Gasteiger partial charge on any atom is -0.278 e. The summed E-state index contributed by atoms with van der Waals surface area (Å²) >= 11 is 12.4. The van der Waals surface area contributed by atoms with Crippen molar-refractivity contribution >= 4 is 40.5 Å². The van der Waals surface area contributed by atoms with Crippen LogP contribution in [0.5, 0.6) is 0 Å². The quantitative estimate of drug-likeness (QED) is 0.414. The molecule has 4 nitrogen and oxygen atoms in total. The van der Waals surface area contributed by atoms with E-state index in [1.165, 1.54) is 43.2 Å². The number of nitrogens with zero attached hydrogens (tertiary/aromatic N) is 4. The van der Waals surface area contributed by atoms with Crippen LogP contribution in [0.3, 0.4) is 0 Å². The average molecular weight is 449 g/mol. The Balaban J connectivity index is 1.53. The summed E-state index contributed by atoms with van der Waals surface area (Å²) in [6.07, 6.45) is 6.83. The van der Waals surface area contributed by atoms with Crippen LogP contribution in [0, 0.1) is 23.7 Å². The molecule has 1 aliphatic heterocycles. The molecule has 2 aromatic carbocycles. The number of hydrogen-bond donors (Lipinski definition) is 0. The van der Waals surface area contributed by atoms with Crippen LogP contribution in [0.4, 0.5) is 17.3 Å². The molecule has 0 atom stereocenters. The van der Waals surface area contributed by atoms with Gasteiger partial charge in [0.2, 0.25) is 16.5 Å². The third kappa shape index (κ3) is 2.41. The maximum Gasteiger partial charge on any atom is 0.240 e. The maximum absolute atomic E-state index is 6.19. The van der Waals surface area contributed by atoms with Crippen molar-refractivity contribution in [3.05, 3.63) is 70.2 Å². The third-order valence-corrected chi connectivity index (χ3v) is 8.71. The van der Waals surface area contributed by atoms with E-state index in [4.69, 9.17) is 23.2 Å². The third-order valence-electron chi connectivity index (χ3n) is 8.38. The van der Waals surface area contributed by atoms with E-state index < -0.39 is 0 Å². The van der Waals surface area contributed by atoms with E-state index in [1.54, 1.807) is 0 Å². The average Bonchev–Trinajstić information content (AvgIpc) is 2.75. The van der Waals surface area contributed by atoms with Crippen molar-refractivity contribution < 1.29 is 0 Å². The first-order valence-electron chi connectivity index (χ1n) is 11.2. The summed E-state index contributed by atoms with van der Waals surface area (Å²) in [6.45, 7) is 0. The van der Waals surface area contributed by atoms with Crippen LogP contribution in [0.15, 0.2) is 48.5 Å². The fourth-order valence-corrected chi connectivity index (χ4v) is 8.11. The van der Waals surface area contributed by atoms with Crippen molar-refractivity contribution in [3.63, 3.8) is 0 Å². The fourth-order valence-electron chi connectivity index (χ4n) is 7.75. The van der Waals surface area contributed by atoms with Crippen LogP contribution >= 0.6 is 23.2 Å². The Bertz CT molecular complexity index is 1110. The van der Waals surface area contributed by atoms with E-state index in [1.807, 2.05) is 0 Å². The topological polar surface area (TPSA) is 41.9 Å². The molecule has 1 spiro atoms. The normalized spacial score (nSPS) is 29.2. The SMILES string of the molecule is Clc1nc(Cl)nc(N2c3ccccc3C3(c4ccccc42)C2CC4CC(C2)CC3C4)n1. The predicted octanol–water partition coefficient (Wildman–Crippen LogP) is 6.70. The number of benzene rings is 2. The molecule has 2 heterocycles. The molecule has 156 valence electrons. The van der Waals surface area contributed by atoms with Crippen molar-refractivity contribution in [1.29, 1.82) is 0 Å². The molecule has 4 bridgehead atoms. The van der Waals surface area contributed by atoms with Gasteiger partial charge in [-0.2, -0.15) is 15.0 Å². The van der Waals surface area contributed by atoms with Gasteiger partial charge < -0.3 is 0 Å². The van der Waals surface area contributed by atoms with Gasteiger partial charge in [0.15, 0.2) is 0 Å². The molecule has 0 unspecified atom stereocenters. The molecule has 4 saturated carbocycles. The molecule has 5 aliphatic rings. The molecule has 8 rings (SSSR count). The molecule has 1 aromatic heterocycles. The Hall–Kier alpha value is -2.17. The second-order valence-corrected chi connectivity index (χ2v) is 10.4. The van der Waals surface area contributed by atoms with Crippen LogP contribution < -0.4 is 4.90 Å². The van der Waals surface area contributed by atoms with Crippen molar-refractivity contribution in [2.45, 2.75) is 37.5 Å². The number of hydrogen-bond acceptors (Lipinski definition) is 4. The zero-order valence-electron chi connectivity index (χ0n) is 17.0. The van der Waals surface area contributed by atoms with Crippen LogP contribution in [-0.2, 0) is 5.41 Å². The van der Waals surface area contributed by atoms with Crippen LogP contribution in [-0.4, -0.2) is 15.0 Å². The smallest absolute Gasteiger partial charge is 0.240 e. The van der Waals surface area contributed by atoms with Gasteiger partial charge in [0.1, 0.15) is 0 Å². The van der Waals surface area contributed by atoms with Crippen molar-refractivity contribution in [1.82, 2.24) is 15.0 Å². The summed E-state index contributed by atoms with van der Waals surface area (Å²) in [5.41, 5.74) is 5.18. The largest absolute Gasteiger partial charge is 0.278 e. The highest BCUT2D eigenvalue weighted by molar-refractivity contribution is 6.31. The highest BCUT2D eigenvalue weighted by atomic mass is 35.5. The van der Waals surface area contributed by atoms with E-state index in [-0.39, 0.29) is 16.0 Å². The van der Waals surface area contributed by atoms with Gasteiger partial charge in [-0.1, -0.05) is 36.4 Å². The molecule has 4 fully saturated rings. The van der Waals surface area contributed by atoms with Gasteiger partial charge in [0.05, 0.1) is 11.4 Å². The van der Waals surface area contributed by atoms with Gasteiger partial charge in [-0.15, -0.1) is 0 Å². The molecule has 3 aromatic rings. The first kappa shape index (κ1) is 18.4. The Morgan fingerprint density at radius 3 is 1.68 bits per heavy atom. The van der Waals surface area contributed by atoms with Crippen molar-refractivity contribution in [2.24, 2.45) is 23.7 Å².